The number of carbonyl (C=O) groups is 1. The van der Waals surface area contributed by atoms with Crippen LogP contribution in [0.15, 0.2) is 42.5 Å². The van der Waals surface area contributed by atoms with Crippen molar-refractivity contribution in [3.05, 3.63) is 63.6 Å². The van der Waals surface area contributed by atoms with E-state index < -0.39 is 0 Å². The van der Waals surface area contributed by atoms with E-state index in [-0.39, 0.29) is 11.9 Å². The maximum Gasteiger partial charge on any atom is 0.223 e. The monoisotopic (exact) mass is 377 g/mol. The molecule has 2 aromatic rings. The van der Waals surface area contributed by atoms with Gasteiger partial charge in [0.25, 0.3) is 0 Å². The molecule has 2 aromatic carbocycles. The van der Waals surface area contributed by atoms with Gasteiger partial charge in [-0.25, -0.2) is 0 Å². The lowest BCUT2D eigenvalue weighted by molar-refractivity contribution is -0.132. The maximum absolute atomic E-state index is 12.7. The van der Waals surface area contributed by atoms with Crippen molar-refractivity contribution in [1.82, 2.24) is 4.90 Å². The highest BCUT2D eigenvalue weighted by Gasteiger charge is 2.29. The first-order chi connectivity index (χ1) is 12.1. The van der Waals surface area contributed by atoms with Crippen LogP contribution in [0.5, 0.6) is 5.75 Å². The maximum atomic E-state index is 12.7. The largest absolute Gasteiger partial charge is 0.497 e. The van der Waals surface area contributed by atoms with Gasteiger partial charge in [-0.2, -0.15) is 0 Å². The fraction of sp³-hybridized carbons (Fsp3) is 0.350. The lowest BCUT2D eigenvalue weighted by atomic mass is 10.0. The van der Waals surface area contributed by atoms with E-state index in [4.69, 9.17) is 27.9 Å². The normalized spacial score (nSPS) is 16.9. The van der Waals surface area contributed by atoms with Crippen molar-refractivity contribution < 1.29 is 9.53 Å². The molecule has 0 spiro atoms. The Kier molecular flexibility index (Phi) is 5.87. The van der Waals surface area contributed by atoms with Crippen molar-refractivity contribution in [3.63, 3.8) is 0 Å². The Morgan fingerprint density at radius 3 is 2.68 bits per heavy atom. The van der Waals surface area contributed by atoms with Crippen LogP contribution < -0.4 is 4.74 Å². The number of likely N-dealkylation sites (tertiary alicyclic amines) is 1. The lowest BCUT2D eigenvalue weighted by Crippen LogP contribution is -2.30. The molecule has 0 N–H and O–H groups in total. The summed E-state index contributed by atoms with van der Waals surface area (Å²) in [5.41, 5.74) is 2.08. The summed E-state index contributed by atoms with van der Waals surface area (Å²) in [4.78, 5) is 14.7. The summed E-state index contributed by atoms with van der Waals surface area (Å²) >= 11 is 12.3. The zero-order chi connectivity index (χ0) is 17.8. The van der Waals surface area contributed by atoms with Crippen molar-refractivity contribution in [2.24, 2.45) is 0 Å². The molecule has 0 saturated carbocycles. The van der Waals surface area contributed by atoms with Crippen LogP contribution in [-0.4, -0.2) is 24.5 Å². The minimum absolute atomic E-state index is 0.147. The fourth-order valence-electron chi connectivity index (χ4n) is 3.36. The number of amides is 1. The summed E-state index contributed by atoms with van der Waals surface area (Å²) < 4.78 is 5.21. The first-order valence-electron chi connectivity index (χ1n) is 8.46. The number of hydrogen-bond acceptors (Lipinski definition) is 2. The van der Waals surface area contributed by atoms with Crippen molar-refractivity contribution in [1.29, 1.82) is 0 Å². The van der Waals surface area contributed by atoms with Gasteiger partial charge in [-0.3, -0.25) is 4.79 Å². The summed E-state index contributed by atoms with van der Waals surface area (Å²) in [6.45, 7) is 0.804. The van der Waals surface area contributed by atoms with E-state index >= 15 is 0 Å². The Balaban J connectivity index is 1.67. The van der Waals surface area contributed by atoms with Crippen molar-refractivity contribution in [2.75, 3.05) is 13.7 Å². The number of rotatable bonds is 5. The zero-order valence-electron chi connectivity index (χ0n) is 14.2. The first kappa shape index (κ1) is 18.1. The molecule has 1 saturated heterocycles. The van der Waals surface area contributed by atoms with Crippen LogP contribution in [0, 0.1) is 0 Å². The van der Waals surface area contributed by atoms with Crippen LogP contribution in [0.25, 0.3) is 0 Å². The predicted molar refractivity (Wildman–Crippen MR) is 101 cm³/mol. The van der Waals surface area contributed by atoms with Crippen LogP contribution >= 0.6 is 23.2 Å². The second-order valence-corrected chi connectivity index (χ2v) is 7.02. The summed E-state index contributed by atoms with van der Waals surface area (Å²) in [6.07, 6.45) is 3.06. The van der Waals surface area contributed by atoms with Gasteiger partial charge >= 0.3 is 0 Å². The average molecular weight is 378 g/mol. The molecule has 132 valence electrons. The highest BCUT2D eigenvalue weighted by Crippen LogP contribution is 2.34. The first-order valence-corrected chi connectivity index (χ1v) is 9.22. The molecule has 3 rings (SSSR count). The molecular formula is C20H21Cl2NO2. The standard InChI is InChI=1S/C20H21Cl2NO2/c1-25-16-10-7-14(8-11-16)18-6-3-13-23(18)19(24)12-9-15-4-2-5-17(21)20(15)22/h2,4-5,7-8,10-11,18H,3,6,9,12-13H2,1H3. The Bertz CT molecular complexity index is 746. The number of halogens is 2. The fourth-order valence-corrected chi connectivity index (χ4v) is 3.78. The third-order valence-electron chi connectivity index (χ3n) is 4.71. The molecule has 1 fully saturated rings. The Morgan fingerprint density at radius 1 is 1.20 bits per heavy atom. The van der Waals surface area contributed by atoms with E-state index in [1.807, 2.05) is 41.3 Å². The minimum atomic E-state index is 0.147. The van der Waals surface area contributed by atoms with Gasteiger partial charge in [0.15, 0.2) is 0 Å². The number of nitrogens with zero attached hydrogens (tertiary/aromatic N) is 1. The topological polar surface area (TPSA) is 29.5 Å². The molecule has 0 aliphatic carbocycles. The second kappa shape index (κ2) is 8.11. The molecule has 5 heteroatoms. The van der Waals surface area contributed by atoms with Gasteiger partial charge in [0.05, 0.1) is 23.2 Å². The van der Waals surface area contributed by atoms with Crippen molar-refractivity contribution >= 4 is 29.1 Å². The second-order valence-electron chi connectivity index (χ2n) is 6.23. The SMILES string of the molecule is COc1ccc(C2CCCN2C(=O)CCc2cccc(Cl)c2Cl)cc1. The van der Waals surface area contributed by atoms with E-state index in [9.17, 15) is 4.79 Å². The average Bonchev–Trinajstić information content (AvgIpc) is 3.12. The van der Waals surface area contributed by atoms with E-state index in [2.05, 4.69) is 0 Å². The molecule has 0 radical (unpaired) electrons. The van der Waals surface area contributed by atoms with Gasteiger partial charge in [-0.05, 0) is 48.6 Å². The van der Waals surface area contributed by atoms with E-state index in [1.54, 1.807) is 13.2 Å². The van der Waals surface area contributed by atoms with Gasteiger partial charge in [0.2, 0.25) is 5.91 Å². The van der Waals surface area contributed by atoms with Crippen LogP contribution in [0.2, 0.25) is 10.0 Å². The van der Waals surface area contributed by atoms with Gasteiger partial charge in [-0.1, -0.05) is 47.5 Å². The van der Waals surface area contributed by atoms with Crippen LogP contribution in [0.1, 0.15) is 36.4 Å². The molecule has 1 aliphatic rings. The van der Waals surface area contributed by atoms with Crippen LogP contribution in [-0.2, 0) is 11.2 Å². The summed E-state index contributed by atoms with van der Waals surface area (Å²) in [6, 6.07) is 13.7. The van der Waals surface area contributed by atoms with E-state index in [0.717, 1.165) is 36.3 Å². The van der Waals surface area contributed by atoms with Gasteiger partial charge < -0.3 is 9.64 Å². The molecule has 25 heavy (non-hydrogen) atoms. The number of carbonyl (C=O) groups excluding carboxylic acids is 1. The molecule has 1 aliphatic heterocycles. The summed E-state index contributed by atoms with van der Waals surface area (Å²) in [5, 5.41) is 1.08. The molecule has 1 unspecified atom stereocenters. The number of hydrogen-bond donors (Lipinski definition) is 0. The van der Waals surface area contributed by atoms with Crippen LogP contribution in [0.4, 0.5) is 0 Å². The van der Waals surface area contributed by atoms with Crippen molar-refractivity contribution in [3.8, 4) is 5.75 Å². The highest BCUT2D eigenvalue weighted by molar-refractivity contribution is 6.42. The molecular weight excluding hydrogens is 357 g/mol. The number of ether oxygens (including phenoxy) is 1. The Morgan fingerprint density at radius 2 is 1.96 bits per heavy atom. The van der Waals surface area contributed by atoms with E-state index in [1.165, 1.54) is 0 Å². The lowest BCUT2D eigenvalue weighted by Gasteiger charge is -2.25. The van der Waals surface area contributed by atoms with Crippen molar-refractivity contribution in [2.45, 2.75) is 31.7 Å². The molecule has 3 nitrogen and oxygen atoms in total. The molecule has 1 atom stereocenters. The zero-order valence-corrected chi connectivity index (χ0v) is 15.7. The third kappa shape index (κ3) is 4.10. The van der Waals surface area contributed by atoms with Gasteiger partial charge in [0, 0.05) is 13.0 Å². The number of methoxy groups -OCH3 is 1. The Hall–Kier alpha value is -1.71. The van der Waals surface area contributed by atoms with E-state index in [0.29, 0.717) is 22.9 Å². The number of benzene rings is 2. The van der Waals surface area contributed by atoms with Gasteiger partial charge in [0.1, 0.15) is 5.75 Å². The predicted octanol–water partition coefficient (Wildman–Crippen LogP) is 5.30. The summed E-state index contributed by atoms with van der Waals surface area (Å²) in [5.74, 6) is 0.990. The summed E-state index contributed by atoms with van der Waals surface area (Å²) in [7, 11) is 1.65. The van der Waals surface area contributed by atoms with Crippen LogP contribution in [0.3, 0.4) is 0 Å². The minimum Gasteiger partial charge on any atom is -0.497 e. The smallest absolute Gasteiger partial charge is 0.223 e. The molecule has 0 bridgehead atoms. The quantitative estimate of drug-likeness (QED) is 0.707. The van der Waals surface area contributed by atoms with Gasteiger partial charge in [-0.15, -0.1) is 0 Å². The molecule has 0 aromatic heterocycles. The third-order valence-corrected chi connectivity index (χ3v) is 5.57. The Labute approximate surface area is 158 Å². The molecule has 1 amide bonds. The number of aryl methyl sites for hydroxylation is 1. The molecule has 1 heterocycles. The highest BCUT2D eigenvalue weighted by atomic mass is 35.5.